The van der Waals surface area contributed by atoms with E-state index < -0.39 is 0 Å². The molecule has 104 valence electrons. The lowest BCUT2D eigenvalue weighted by Crippen LogP contribution is -2.57. The van der Waals surface area contributed by atoms with Gasteiger partial charge in [-0.1, -0.05) is 6.92 Å². The molecular formula is C15H29N3. The molecular weight excluding hydrogens is 222 g/mol. The SMILES string of the molecule is CCCN1CC2C3CCN(CC3)C2C1CCCN. The van der Waals surface area contributed by atoms with Crippen LogP contribution in [0.2, 0.25) is 0 Å². The van der Waals surface area contributed by atoms with Crippen LogP contribution in [0.3, 0.4) is 0 Å². The van der Waals surface area contributed by atoms with E-state index >= 15 is 0 Å². The van der Waals surface area contributed by atoms with Crippen LogP contribution < -0.4 is 5.73 Å². The van der Waals surface area contributed by atoms with Gasteiger partial charge in [0.25, 0.3) is 0 Å². The molecule has 0 amide bonds. The summed E-state index contributed by atoms with van der Waals surface area (Å²) in [5.74, 6) is 2.00. The minimum Gasteiger partial charge on any atom is -0.330 e. The zero-order chi connectivity index (χ0) is 12.5. The van der Waals surface area contributed by atoms with E-state index in [1.165, 1.54) is 58.3 Å². The second-order valence-electron chi connectivity index (χ2n) is 6.52. The second kappa shape index (κ2) is 5.48. The number of nitrogens with two attached hydrogens (primary N) is 1. The highest BCUT2D eigenvalue weighted by Crippen LogP contribution is 2.44. The Bertz CT molecular complexity index is 273. The number of nitrogens with zero attached hydrogens (tertiary/aromatic N) is 2. The maximum atomic E-state index is 5.74. The topological polar surface area (TPSA) is 32.5 Å². The Morgan fingerprint density at radius 1 is 1.22 bits per heavy atom. The lowest BCUT2D eigenvalue weighted by atomic mass is 9.73. The first-order valence-electron chi connectivity index (χ1n) is 8.03. The largest absolute Gasteiger partial charge is 0.330 e. The van der Waals surface area contributed by atoms with Crippen molar-refractivity contribution in [3.63, 3.8) is 0 Å². The molecule has 3 unspecified atom stereocenters. The number of hydrogen-bond donors (Lipinski definition) is 1. The third kappa shape index (κ3) is 2.10. The van der Waals surface area contributed by atoms with Crippen molar-refractivity contribution in [2.75, 3.05) is 32.7 Å². The third-order valence-electron chi connectivity index (χ3n) is 5.56. The van der Waals surface area contributed by atoms with Crippen LogP contribution >= 0.6 is 0 Å². The molecule has 0 aromatic rings. The fourth-order valence-electron chi connectivity index (χ4n) is 4.83. The van der Waals surface area contributed by atoms with Crippen molar-refractivity contribution in [3.8, 4) is 0 Å². The smallest absolute Gasteiger partial charge is 0.0294 e. The van der Waals surface area contributed by atoms with Crippen molar-refractivity contribution >= 4 is 0 Å². The van der Waals surface area contributed by atoms with Gasteiger partial charge in [-0.25, -0.2) is 0 Å². The molecule has 4 rings (SSSR count). The maximum Gasteiger partial charge on any atom is 0.0294 e. The van der Waals surface area contributed by atoms with Crippen LogP contribution in [0.4, 0.5) is 0 Å². The summed E-state index contributed by atoms with van der Waals surface area (Å²) in [5.41, 5.74) is 5.74. The molecule has 0 aliphatic carbocycles. The van der Waals surface area contributed by atoms with Gasteiger partial charge in [-0.3, -0.25) is 9.80 Å². The molecule has 4 fully saturated rings. The van der Waals surface area contributed by atoms with Crippen molar-refractivity contribution < 1.29 is 0 Å². The normalized spacial score (nSPS) is 43.3. The number of rotatable bonds is 5. The Balaban J connectivity index is 1.74. The number of likely N-dealkylation sites (tertiary alicyclic amines) is 1. The van der Waals surface area contributed by atoms with E-state index in [4.69, 9.17) is 5.73 Å². The molecule has 0 radical (unpaired) electrons. The van der Waals surface area contributed by atoms with Gasteiger partial charge < -0.3 is 5.73 Å². The molecule has 3 heteroatoms. The van der Waals surface area contributed by atoms with Crippen LogP contribution in [0.1, 0.15) is 39.0 Å². The molecule has 3 nitrogen and oxygen atoms in total. The fourth-order valence-corrected chi connectivity index (χ4v) is 4.83. The van der Waals surface area contributed by atoms with E-state index in [2.05, 4.69) is 16.7 Å². The molecule has 2 bridgehead atoms. The van der Waals surface area contributed by atoms with Crippen molar-refractivity contribution in [3.05, 3.63) is 0 Å². The summed E-state index contributed by atoms with van der Waals surface area (Å²) in [7, 11) is 0. The number of fused-ring (bicyclic) bond motifs is 2. The van der Waals surface area contributed by atoms with Gasteiger partial charge in [-0.2, -0.15) is 0 Å². The van der Waals surface area contributed by atoms with E-state index in [-0.39, 0.29) is 0 Å². The molecule has 4 aliphatic rings. The average molecular weight is 251 g/mol. The van der Waals surface area contributed by atoms with Gasteiger partial charge in [0.1, 0.15) is 0 Å². The average Bonchev–Trinajstić information content (AvgIpc) is 2.78. The van der Waals surface area contributed by atoms with E-state index in [0.29, 0.717) is 0 Å². The molecule has 0 aromatic heterocycles. The molecule has 0 spiro atoms. The zero-order valence-electron chi connectivity index (χ0n) is 11.9. The molecule has 3 atom stereocenters. The van der Waals surface area contributed by atoms with Gasteiger partial charge in [0.15, 0.2) is 0 Å². The quantitative estimate of drug-likeness (QED) is 0.804. The summed E-state index contributed by atoms with van der Waals surface area (Å²) in [4.78, 5) is 5.60. The first kappa shape index (κ1) is 12.9. The van der Waals surface area contributed by atoms with Crippen LogP contribution in [-0.4, -0.2) is 54.6 Å². The fraction of sp³-hybridized carbons (Fsp3) is 1.00. The van der Waals surface area contributed by atoms with Gasteiger partial charge >= 0.3 is 0 Å². The van der Waals surface area contributed by atoms with Crippen molar-refractivity contribution in [1.29, 1.82) is 0 Å². The van der Waals surface area contributed by atoms with E-state index in [0.717, 1.165) is 30.5 Å². The van der Waals surface area contributed by atoms with Crippen LogP contribution in [0.5, 0.6) is 0 Å². The van der Waals surface area contributed by atoms with Crippen molar-refractivity contribution in [1.82, 2.24) is 9.80 Å². The Kier molecular flexibility index (Phi) is 3.92. The summed E-state index contributed by atoms with van der Waals surface area (Å²) in [6.07, 6.45) is 6.74. The first-order chi connectivity index (χ1) is 8.85. The van der Waals surface area contributed by atoms with E-state index in [1.54, 1.807) is 0 Å². The van der Waals surface area contributed by atoms with Crippen LogP contribution in [-0.2, 0) is 0 Å². The van der Waals surface area contributed by atoms with Gasteiger partial charge in [-0.05, 0) is 70.1 Å². The van der Waals surface area contributed by atoms with Crippen LogP contribution in [0, 0.1) is 11.8 Å². The Hall–Kier alpha value is -0.120. The summed E-state index contributed by atoms with van der Waals surface area (Å²) >= 11 is 0. The minimum absolute atomic E-state index is 0.807. The molecule has 18 heavy (non-hydrogen) atoms. The van der Waals surface area contributed by atoms with Crippen molar-refractivity contribution in [2.45, 2.75) is 51.1 Å². The number of hydrogen-bond acceptors (Lipinski definition) is 3. The minimum atomic E-state index is 0.807. The highest BCUT2D eigenvalue weighted by molar-refractivity contribution is 5.06. The van der Waals surface area contributed by atoms with Gasteiger partial charge in [0.05, 0.1) is 0 Å². The maximum absolute atomic E-state index is 5.74. The lowest BCUT2D eigenvalue weighted by molar-refractivity contribution is 0.00216. The Labute approximate surface area is 112 Å². The predicted octanol–water partition coefficient (Wildman–Crippen LogP) is 1.53. The zero-order valence-corrected chi connectivity index (χ0v) is 11.9. The monoisotopic (exact) mass is 251 g/mol. The summed E-state index contributed by atoms with van der Waals surface area (Å²) < 4.78 is 0. The molecule has 0 saturated carbocycles. The van der Waals surface area contributed by atoms with Crippen LogP contribution in [0.15, 0.2) is 0 Å². The Morgan fingerprint density at radius 2 is 2.00 bits per heavy atom. The Morgan fingerprint density at radius 3 is 2.67 bits per heavy atom. The third-order valence-corrected chi connectivity index (χ3v) is 5.56. The summed E-state index contributed by atoms with van der Waals surface area (Å²) in [5, 5.41) is 0. The van der Waals surface area contributed by atoms with Crippen LogP contribution in [0.25, 0.3) is 0 Å². The second-order valence-corrected chi connectivity index (χ2v) is 6.52. The summed E-state index contributed by atoms with van der Waals surface area (Å²) in [6, 6.07) is 1.68. The highest BCUT2D eigenvalue weighted by Gasteiger charge is 2.51. The van der Waals surface area contributed by atoms with Crippen molar-refractivity contribution in [2.24, 2.45) is 17.6 Å². The van der Waals surface area contributed by atoms with E-state index in [1.807, 2.05) is 0 Å². The van der Waals surface area contributed by atoms with Gasteiger partial charge in [0, 0.05) is 18.6 Å². The summed E-state index contributed by atoms with van der Waals surface area (Å²) in [6.45, 7) is 8.57. The predicted molar refractivity (Wildman–Crippen MR) is 75.5 cm³/mol. The molecule has 2 N–H and O–H groups in total. The number of piperidine rings is 3. The highest BCUT2D eigenvalue weighted by atomic mass is 15.3. The molecule has 4 aliphatic heterocycles. The molecule has 4 heterocycles. The molecule has 0 aromatic carbocycles. The lowest BCUT2D eigenvalue weighted by Gasteiger charge is -2.49. The van der Waals surface area contributed by atoms with Gasteiger partial charge in [-0.15, -0.1) is 0 Å². The first-order valence-corrected chi connectivity index (χ1v) is 8.03. The van der Waals surface area contributed by atoms with Gasteiger partial charge in [0.2, 0.25) is 0 Å². The van der Waals surface area contributed by atoms with E-state index in [9.17, 15) is 0 Å². The standard InChI is InChI=1S/C15H29N3/c1-2-8-18-11-13-12-5-9-17(10-6-12)15(13)14(18)4-3-7-16/h12-15H,2-11,16H2,1H3. The molecule has 4 saturated heterocycles.